The summed E-state index contributed by atoms with van der Waals surface area (Å²) >= 11 is 0. The number of rotatable bonds is 7. The Morgan fingerprint density at radius 3 is 2.64 bits per heavy atom. The van der Waals surface area contributed by atoms with E-state index in [0.29, 0.717) is 19.0 Å². The van der Waals surface area contributed by atoms with Crippen molar-refractivity contribution in [2.45, 2.75) is 19.5 Å². The van der Waals surface area contributed by atoms with Crippen LogP contribution in [0.4, 0.5) is 4.39 Å². The smallest absolute Gasteiger partial charge is 0.191 e. The lowest BCUT2D eigenvalue weighted by atomic mass is 10.2. The zero-order valence-electron chi connectivity index (χ0n) is 14.8. The average Bonchev–Trinajstić information content (AvgIpc) is 3.06. The molecule has 2 N–H and O–H groups in total. The molecule has 0 spiro atoms. The van der Waals surface area contributed by atoms with Gasteiger partial charge in [0.05, 0.1) is 18.8 Å². The summed E-state index contributed by atoms with van der Waals surface area (Å²) < 4.78 is 18.8. The van der Waals surface area contributed by atoms with Crippen molar-refractivity contribution < 1.29 is 8.81 Å². The zero-order chi connectivity index (χ0) is 17.4. The van der Waals surface area contributed by atoms with E-state index in [9.17, 15) is 4.39 Å². The Bertz CT molecular complexity index is 646. The van der Waals surface area contributed by atoms with Gasteiger partial charge < -0.3 is 15.1 Å². The molecule has 1 heterocycles. The van der Waals surface area contributed by atoms with Crippen molar-refractivity contribution >= 4 is 29.9 Å². The fraction of sp³-hybridized carbons (Fsp3) is 0.389. The maximum atomic E-state index is 13.2. The monoisotopic (exact) mass is 460 g/mol. The third-order valence-corrected chi connectivity index (χ3v) is 3.61. The molecule has 138 valence electrons. The lowest BCUT2D eigenvalue weighted by Gasteiger charge is -2.23. The number of hydrogen-bond donors (Lipinski definition) is 2. The molecule has 5 nitrogen and oxygen atoms in total. The first kappa shape index (κ1) is 21.4. The van der Waals surface area contributed by atoms with Crippen molar-refractivity contribution in [2.75, 3.05) is 27.2 Å². The fourth-order valence-electron chi connectivity index (χ4n) is 2.36. The fourth-order valence-corrected chi connectivity index (χ4v) is 2.36. The summed E-state index contributed by atoms with van der Waals surface area (Å²) in [6.45, 7) is 3.83. The van der Waals surface area contributed by atoms with Crippen LogP contribution in [-0.4, -0.2) is 38.0 Å². The maximum absolute atomic E-state index is 13.2. The molecule has 1 aromatic heterocycles. The number of guanidine groups is 1. The molecular weight excluding hydrogens is 434 g/mol. The quantitative estimate of drug-likeness (QED) is 0.378. The summed E-state index contributed by atoms with van der Waals surface area (Å²) in [5.74, 6) is 1.35. The molecule has 0 aliphatic heterocycles. The van der Waals surface area contributed by atoms with E-state index in [2.05, 4.69) is 20.5 Å². The van der Waals surface area contributed by atoms with Crippen LogP contribution in [0.1, 0.15) is 24.3 Å². The van der Waals surface area contributed by atoms with E-state index in [1.54, 1.807) is 12.3 Å². The van der Waals surface area contributed by atoms with Gasteiger partial charge in [-0.05, 0) is 50.8 Å². The van der Waals surface area contributed by atoms with Crippen molar-refractivity contribution in [3.05, 3.63) is 59.8 Å². The average molecular weight is 460 g/mol. The molecule has 1 unspecified atom stereocenters. The first-order chi connectivity index (χ1) is 11.6. The van der Waals surface area contributed by atoms with E-state index in [-0.39, 0.29) is 35.8 Å². The van der Waals surface area contributed by atoms with E-state index in [0.717, 1.165) is 17.9 Å². The standard InChI is InChI=1S/C18H25FN4O.HI/c1-4-20-18(21-12-14-7-5-8-15(19)11-14)22-13-16(23(2)3)17-9-6-10-24-17;/h5-11,16H,4,12-13H2,1-3H3,(H2,20,21,22);1H. The lowest BCUT2D eigenvalue weighted by Crippen LogP contribution is -2.41. The van der Waals surface area contributed by atoms with Crippen LogP contribution in [-0.2, 0) is 6.54 Å². The first-order valence-corrected chi connectivity index (χ1v) is 8.06. The van der Waals surface area contributed by atoms with Gasteiger partial charge in [-0.25, -0.2) is 9.38 Å². The van der Waals surface area contributed by atoms with E-state index in [1.165, 1.54) is 12.1 Å². The van der Waals surface area contributed by atoms with E-state index in [1.807, 2.05) is 39.2 Å². The molecule has 1 atom stereocenters. The maximum Gasteiger partial charge on any atom is 0.191 e. The van der Waals surface area contributed by atoms with Gasteiger partial charge in [-0.1, -0.05) is 12.1 Å². The number of furan rings is 1. The normalized spacial score (nSPS) is 12.6. The lowest BCUT2D eigenvalue weighted by molar-refractivity contribution is 0.258. The largest absolute Gasteiger partial charge is 0.468 e. The predicted molar refractivity (Wildman–Crippen MR) is 110 cm³/mol. The molecule has 25 heavy (non-hydrogen) atoms. The number of halogens is 2. The SMILES string of the molecule is CCNC(=NCc1cccc(F)c1)NCC(c1ccco1)N(C)C.I. The van der Waals surface area contributed by atoms with Gasteiger partial charge in [0.2, 0.25) is 0 Å². The summed E-state index contributed by atoms with van der Waals surface area (Å²) in [6, 6.07) is 10.4. The van der Waals surface area contributed by atoms with Crippen molar-refractivity contribution in [3.63, 3.8) is 0 Å². The third kappa shape index (κ3) is 7.03. The van der Waals surface area contributed by atoms with Crippen molar-refractivity contribution in [1.82, 2.24) is 15.5 Å². The Hall–Kier alpha value is -1.61. The summed E-state index contributed by atoms with van der Waals surface area (Å²) in [5.41, 5.74) is 0.836. The summed E-state index contributed by atoms with van der Waals surface area (Å²) in [7, 11) is 4.01. The van der Waals surface area contributed by atoms with Gasteiger partial charge in [-0.15, -0.1) is 24.0 Å². The van der Waals surface area contributed by atoms with Crippen molar-refractivity contribution in [3.8, 4) is 0 Å². The summed E-state index contributed by atoms with van der Waals surface area (Å²) in [6.07, 6.45) is 1.68. The van der Waals surface area contributed by atoms with Crippen LogP contribution in [0.2, 0.25) is 0 Å². The van der Waals surface area contributed by atoms with Crippen LogP contribution < -0.4 is 10.6 Å². The molecule has 0 saturated heterocycles. The summed E-state index contributed by atoms with van der Waals surface area (Å²) in [4.78, 5) is 6.60. The van der Waals surface area contributed by atoms with Crippen molar-refractivity contribution in [2.24, 2.45) is 4.99 Å². The van der Waals surface area contributed by atoms with Crippen LogP contribution in [0.3, 0.4) is 0 Å². The third-order valence-electron chi connectivity index (χ3n) is 3.61. The van der Waals surface area contributed by atoms with Crippen molar-refractivity contribution in [1.29, 1.82) is 0 Å². The van der Waals surface area contributed by atoms with Gasteiger partial charge in [0, 0.05) is 13.1 Å². The van der Waals surface area contributed by atoms with Gasteiger partial charge in [0.25, 0.3) is 0 Å². The molecule has 0 bridgehead atoms. The number of aliphatic imine (C=N–C) groups is 1. The van der Waals surface area contributed by atoms with Crippen LogP contribution in [0.25, 0.3) is 0 Å². The highest BCUT2D eigenvalue weighted by molar-refractivity contribution is 14.0. The number of benzene rings is 1. The van der Waals surface area contributed by atoms with E-state index < -0.39 is 0 Å². The second kappa shape index (κ2) is 11.1. The number of nitrogens with zero attached hydrogens (tertiary/aromatic N) is 2. The minimum absolute atomic E-state index is 0. The Balaban J connectivity index is 0.00000312. The van der Waals surface area contributed by atoms with E-state index in [4.69, 9.17) is 4.42 Å². The molecule has 0 aliphatic rings. The highest BCUT2D eigenvalue weighted by Gasteiger charge is 2.17. The second-order valence-electron chi connectivity index (χ2n) is 5.70. The number of hydrogen-bond acceptors (Lipinski definition) is 3. The molecule has 1 aromatic carbocycles. The molecule has 0 amide bonds. The molecule has 0 radical (unpaired) electrons. The minimum Gasteiger partial charge on any atom is -0.468 e. The highest BCUT2D eigenvalue weighted by Crippen LogP contribution is 2.17. The van der Waals surface area contributed by atoms with Gasteiger partial charge >= 0.3 is 0 Å². The Labute approximate surface area is 165 Å². The van der Waals surface area contributed by atoms with Crippen LogP contribution in [0, 0.1) is 5.82 Å². The van der Waals surface area contributed by atoms with Gasteiger partial charge in [0.15, 0.2) is 5.96 Å². The molecule has 7 heteroatoms. The van der Waals surface area contributed by atoms with Crippen LogP contribution in [0.15, 0.2) is 52.1 Å². The molecule has 0 fully saturated rings. The molecular formula is C18H26FIN4O. The summed E-state index contributed by atoms with van der Waals surface area (Å²) in [5, 5.41) is 6.52. The molecule has 0 aliphatic carbocycles. The number of nitrogens with one attached hydrogen (secondary N) is 2. The van der Waals surface area contributed by atoms with Crippen LogP contribution >= 0.6 is 24.0 Å². The Morgan fingerprint density at radius 1 is 1.24 bits per heavy atom. The second-order valence-corrected chi connectivity index (χ2v) is 5.70. The van der Waals surface area contributed by atoms with Gasteiger partial charge in [-0.2, -0.15) is 0 Å². The zero-order valence-corrected chi connectivity index (χ0v) is 17.2. The van der Waals surface area contributed by atoms with Gasteiger partial charge in [0.1, 0.15) is 11.6 Å². The van der Waals surface area contributed by atoms with Gasteiger partial charge in [-0.3, -0.25) is 4.90 Å². The molecule has 2 aromatic rings. The predicted octanol–water partition coefficient (Wildman–Crippen LogP) is 3.39. The minimum atomic E-state index is -0.244. The topological polar surface area (TPSA) is 52.8 Å². The highest BCUT2D eigenvalue weighted by atomic mass is 127. The Morgan fingerprint density at radius 2 is 2.04 bits per heavy atom. The van der Waals surface area contributed by atoms with E-state index >= 15 is 0 Å². The van der Waals surface area contributed by atoms with Crippen LogP contribution in [0.5, 0.6) is 0 Å². The molecule has 2 rings (SSSR count). The molecule has 0 saturated carbocycles. The Kier molecular flexibility index (Phi) is 9.51. The number of likely N-dealkylation sites (N-methyl/N-ethyl adjacent to an activating group) is 1. The first-order valence-electron chi connectivity index (χ1n) is 8.06.